The van der Waals surface area contributed by atoms with Gasteiger partial charge in [0.2, 0.25) is 0 Å². The van der Waals surface area contributed by atoms with Gasteiger partial charge >= 0.3 is 0 Å². The zero-order valence-electron chi connectivity index (χ0n) is 12.6. The molecule has 0 aliphatic heterocycles. The molecule has 0 aliphatic carbocycles. The third-order valence-electron chi connectivity index (χ3n) is 3.44. The monoisotopic (exact) mass is 301 g/mol. The van der Waals surface area contributed by atoms with Crippen LogP contribution in [-0.2, 0) is 6.42 Å². The molecule has 2 rings (SSSR count). The first-order valence-electron chi connectivity index (χ1n) is 7.36. The maximum Gasteiger partial charge on any atom is 0.251 e. The van der Waals surface area contributed by atoms with Crippen molar-refractivity contribution in [3.63, 3.8) is 0 Å². The summed E-state index contributed by atoms with van der Waals surface area (Å²) in [6.07, 6.45) is 2.73. The molecule has 0 saturated heterocycles. The van der Waals surface area contributed by atoms with Crippen LogP contribution in [0.5, 0.6) is 5.75 Å². The van der Waals surface area contributed by atoms with Gasteiger partial charge in [0.25, 0.3) is 5.91 Å². The van der Waals surface area contributed by atoms with Gasteiger partial charge in [0.15, 0.2) is 0 Å². The summed E-state index contributed by atoms with van der Waals surface area (Å²) in [6.45, 7) is 0.631. The second kappa shape index (κ2) is 8.17. The highest BCUT2D eigenvalue weighted by molar-refractivity contribution is 5.94. The van der Waals surface area contributed by atoms with Gasteiger partial charge in [-0.1, -0.05) is 12.1 Å². The van der Waals surface area contributed by atoms with Gasteiger partial charge < -0.3 is 10.1 Å². The van der Waals surface area contributed by atoms with Crippen molar-refractivity contribution < 1.29 is 13.9 Å². The number of aryl methyl sites for hydroxylation is 1. The van der Waals surface area contributed by atoms with E-state index in [-0.39, 0.29) is 11.7 Å². The first-order valence-corrected chi connectivity index (χ1v) is 7.36. The van der Waals surface area contributed by atoms with Crippen molar-refractivity contribution in [2.75, 3.05) is 13.7 Å². The normalized spacial score (nSPS) is 10.3. The summed E-state index contributed by atoms with van der Waals surface area (Å²) >= 11 is 0. The Hall–Kier alpha value is -2.36. The molecule has 0 spiro atoms. The van der Waals surface area contributed by atoms with E-state index in [4.69, 9.17) is 4.74 Å². The molecule has 0 aromatic heterocycles. The van der Waals surface area contributed by atoms with Crippen molar-refractivity contribution in [1.82, 2.24) is 5.32 Å². The molecule has 4 heteroatoms. The molecule has 2 aromatic rings. The van der Waals surface area contributed by atoms with E-state index in [0.717, 1.165) is 30.6 Å². The molecule has 0 bridgehead atoms. The molecule has 22 heavy (non-hydrogen) atoms. The lowest BCUT2D eigenvalue weighted by molar-refractivity contribution is 0.0953. The van der Waals surface area contributed by atoms with Crippen LogP contribution in [0.15, 0.2) is 48.5 Å². The number of nitrogens with one attached hydrogen (secondary N) is 1. The largest absolute Gasteiger partial charge is 0.497 e. The van der Waals surface area contributed by atoms with Gasteiger partial charge in [-0.3, -0.25) is 4.79 Å². The van der Waals surface area contributed by atoms with Gasteiger partial charge in [-0.25, -0.2) is 4.39 Å². The van der Waals surface area contributed by atoms with Crippen molar-refractivity contribution in [1.29, 1.82) is 0 Å². The van der Waals surface area contributed by atoms with Crippen LogP contribution in [0.1, 0.15) is 28.8 Å². The van der Waals surface area contributed by atoms with E-state index in [0.29, 0.717) is 12.1 Å². The van der Waals surface area contributed by atoms with Gasteiger partial charge in [-0.15, -0.1) is 0 Å². The summed E-state index contributed by atoms with van der Waals surface area (Å²) < 4.78 is 17.8. The summed E-state index contributed by atoms with van der Waals surface area (Å²) in [4.78, 5) is 11.9. The van der Waals surface area contributed by atoms with E-state index in [9.17, 15) is 9.18 Å². The SMILES string of the molecule is COc1ccc(C(=O)NCCCCc2ccc(F)cc2)cc1. The fourth-order valence-corrected chi connectivity index (χ4v) is 2.15. The van der Waals surface area contributed by atoms with Crippen LogP contribution in [0, 0.1) is 5.82 Å². The van der Waals surface area contributed by atoms with Gasteiger partial charge in [0.1, 0.15) is 11.6 Å². The lowest BCUT2D eigenvalue weighted by Crippen LogP contribution is -2.24. The van der Waals surface area contributed by atoms with E-state index in [1.165, 1.54) is 12.1 Å². The minimum absolute atomic E-state index is 0.0792. The van der Waals surface area contributed by atoms with Crippen LogP contribution in [0.3, 0.4) is 0 Å². The van der Waals surface area contributed by atoms with Crippen molar-refractivity contribution >= 4 is 5.91 Å². The zero-order chi connectivity index (χ0) is 15.8. The van der Waals surface area contributed by atoms with E-state index in [1.54, 1.807) is 43.5 Å². The second-order valence-corrected chi connectivity index (χ2v) is 5.07. The highest BCUT2D eigenvalue weighted by Gasteiger charge is 2.04. The highest BCUT2D eigenvalue weighted by Crippen LogP contribution is 2.11. The molecule has 1 amide bonds. The molecule has 0 radical (unpaired) electrons. The molecule has 0 unspecified atom stereocenters. The van der Waals surface area contributed by atoms with Crippen molar-refractivity contribution in [2.24, 2.45) is 0 Å². The van der Waals surface area contributed by atoms with Crippen molar-refractivity contribution in [3.05, 3.63) is 65.5 Å². The molecule has 3 nitrogen and oxygen atoms in total. The predicted octanol–water partition coefficient (Wildman–Crippen LogP) is 3.59. The van der Waals surface area contributed by atoms with Gasteiger partial charge in [-0.2, -0.15) is 0 Å². The van der Waals surface area contributed by atoms with Crippen molar-refractivity contribution in [3.8, 4) is 5.75 Å². The molecule has 0 fully saturated rings. The van der Waals surface area contributed by atoms with Crippen LogP contribution in [0.25, 0.3) is 0 Å². The lowest BCUT2D eigenvalue weighted by atomic mass is 10.1. The second-order valence-electron chi connectivity index (χ2n) is 5.07. The molecule has 0 saturated carbocycles. The Bertz CT molecular complexity index is 593. The van der Waals surface area contributed by atoms with Crippen LogP contribution in [0.2, 0.25) is 0 Å². The molecule has 0 heterocycles. The molecule has 0 atom stereocenters. The molecule has 2 aromatic carbocycles. The number of hydrogen-bond acceptors (Lipinski definition) is 2. The Labute approximate surface area is 130 Å². The number of ether oxygens (including phenoxy) is 1. The van der Waals surface area contributed by atoms with Gasteiger partial charge in [-0.05, 0) is 61.2 Å². The van der Waals surface area contributed by atoms with Crippen LogP contribution in [-0.4, -0.2) is 19.6 Å². The predicted molar refractivity (Wildman–Crippen MR) is 84.7 cm³/mol. The van der Waals surface area contributed by atoms with Gasteiger partial charge in [0.05, 0.1) is 7.11 Å². The zero-order valence-corrected chi connectivity index (χ0v) is 12.6. The number of carbonyl (C=O) groups excluding carboxylic acids is 1. The lowest BCUT2D eigenvalue weighted by Gasteiger charge is -2.06. The first-order chi connectivity index (χ1) is 10.7. The standard InChI is InChI=1S/C18H20FNO2/c1-22-17-11-7-15(8-12-17)18(21)20-13-3-2-4-14-5-9-16(19)10-6-14/h5-12H,2-4,13H2,1H3,(H,20,21). The third kappa shape index (κ3) is 4.88. The topological polar surface area (TPSA) is 38.3 Å². The molecule has 1 N–H and O–H groups in total. The molecule has 0 aliphatic rings. The van der Waals surface area contributed by atoms with E-state index in [2.05, 4.69) is 5.32 Å². The number of methoxy groups -OCH3 is 1. The summed E-state index contributed by atoms with van der Waals surface area (Å²) in [5.74, 6) is 0.441. The molecular weight excluding hydrogens is 281 g/mol. The summed E-state index contributed by atoms with van der Waals surface area (Å²) in [5.41, 5.74) is 1.74. The number of rotatable bonds is 7. The maximum atomic E-state index is 12.8. The quantitative estimate of drug-likeness (QED) is 0.794. The minimum Gasteiger partial charge on any atom is -0.497 e. The van der Waals surface area contributed by atoms with Crippen LogP contribution >= 0.6 is 0 Å². The number of halogens is 1. The number of benzene rings is 2. The smallest absolute Gasteiger partial charge is 0.251 e. The fourth-order valence-electron chi connectivity index (χ4n) is 2.15. The maximum absolute atomic E-state index is 12.8. The first kappa shape index (κ1) is 16.0. The Morgan fingerprint density at radius 3 is 2.36 bits per heavy atom. The molecular formula is C18H20FNO2. The van der Waals surface area contributed by atoms with Crippen LogP contribution < -0.4 is 10.1 Å². The summed E-state index contributed by atoms with van der Waals surface area (Å²) in [5, 5.41) is 2.89. The number of amides is 1. The number of unbranched alkanes of at least 4 members (excludes halogenated alkanes) is 1. The van der Waals surface area contributed by atoms with Crippen molar-refractivity contribution in [2.45, 2.75) is 19.3 Å². The minimum atomic E-state index is -0.212. The summed E-state index contributed by atoms with van der Waals surface area (Å²) in [6, 6.07) is 13.6. The fraction of sp³-hybridized carbons (Fsp3) is 0.278. The number of hydrogen-bond donors (Lipinski definition) is 1. The average Bonchev–Trinajstić information content (AvgIpc) is 2.56. The van der Waals surface area contributed by atoms with E-state index in [1.807, 2.05) is 0 Å². The highest BCUT2D eigenvalue weighted by atomic mass is 19.1. The Morgan fingerprint density at radius 1 is 1.05 bits per heavy atom. The van der Waals surface area contributed by atoms with E-state index < -0.39 is 0 Å². The summed E-state index contributed by atoms with van der Waals surface area (Å²) in [7, 11) is 1.59. The third-order valence-corrected chi connectivity index (χ3v) is 3.44. The Morgan fingerprint density at radius 2 is 1.73 bits per heavy atom. The van der Waals surface area contributed by atoms with Crippen LogP contribution in [0.4, 0.5) is 4.39 Å². The van der Waals surface area contributed by atoms with E-state index >= 15 is 0 Å². The van der Waals surface area contributed by atoms with Gasteiger partial charge in [0, 0.05) is 12.1 Å². The molecule has 116 valence electrons. The Kier molecular flexibility index (Phi) is 5.95. The average molecular weight is 301 g/mol. The number of carbonyl (C=O) groups is 1. The Balaban J connectivity index is 1.67.